The predicted octanol–water partition coefficient (Wildman–Crippen LogP) is 1.23. The minimum atomic E-state index is -0.612. The summed E-state index contributed by atoms with van der Waals surface area (Å²) in [6, 6.07) is 0. The minimum Gasteiger partial charge on any atom is -0.375 e. The van der Waals surface area contributed by atoms with Crippen molar-refractivity contribution >= 4 is 15.9 Å². The number of ether oxygens (including phenoxy) is 4. The van der Waals surface area contributed by atoms with Gasteiger partial charge < -0.3 is 18.9 Å². The lowest BCUT2D eigenvalue weighted by molar-refractivity contribution is -0.209. The van der Waals surface area contributed by atoms with Crippen molar-refractivity contribution < 1.29 is 18.9 Å². The molecule has 84 valence electrons. The van der Waals surface area contributed by atoms with Crippen LogP contribution in [0.25, 0.3) is 0 Å². The summed E-state index contributed by atoms with van der Waals surface area (Å²) >= 11 is 3.04. The lowest BCUT2D eigenvalue weighted by atomic mass is 10.1. The first-order chi connectivity index (χ1) is 7.07. The van der Waals surface area contributed by atoms with E-state index in [0.717, 1.165) is 0 Å². The molecular formula is C10H13BrO4. The van der Waals surface area contributed by atoms with Crippen molar-refractivity contribution in [2.24, 2.45) is 0 Å². The Morgan fingerprint density at radius 3 is 2.67 bits per heavy atom. The van der Waals surface area contributed by atoms with E-state index in [1.807, 2.05) is 13.8 Å². The molecule has 5 heteroatoms. The van der Waals surface area contributed by atoms with Crippen LogP contribution in [-0.4, -0.2) is 37.5 Å². The van der Waals surface area contributed by atoms with Gasteiger partial charge in [0.25, 0.3) is 0 Å². The number of hydrogen-bond donors (Lipinski definition) is 0. The van der Waals surface area contributed by atoms with E-state index in [4.69, 9.17) is 18.9 Å². The molecule has 0 bridgehead atoms. The van der Waals surface area contributed by atoms with Crippen molar-refractivity contribution in [3.63, 3.8) is 0 Å². The Balaban J connectivity index is 2.13. The van der Waals surface area contributed by atoms with Crippen molar-refractivity contribution in [3.8, 4) is 10.8 Å². The monoisotopic (exact) mass is 276 g/mol. The molecule has 4 atom stereocenters. The zero-order chi connectivity index (χ0) is 11.1. The molecule has 0 radical (unpaired) electrons. The average molecular weight is 277 g/mol. The maximum absolute atomic E-state index is 5.70. The predicted molar refractivity (Wildman–Crippen MR) is 56.2 cm³/mol. The molecule has 0 spiro atoms. The first-order valence-corrected chi connectivity index (χ1v) is 5.52. The molecule has 15 heavy (non-hydrogen) atoms. The van der Waals surface area contributed by atoms with E-state index in [9.17, 15) is 0 Å². The van der Waals surface area contributed by atoms with Gasteiger partial charge in [0.05, 0.1) is 0 Å². The lowest BCUT2D eigenvalue weighted by Gasteiger charge is -2.22. The fourth-order valence-electron chi connectivity index (χ4n) is 1.91. The largest absolute Gasteiger partial charge is 0.375 e. The molecule has 2 saturated heterocycles. The van der Waals surface area contributed by atoms with Gasteiger partial charge in [-0.3, -0.25) is 0 Å². The Kier molecular flexibility index (Phi) is 3.06. The topological polar surface area (TPSA) is 36.9 Å². The lowest BCUT2D eigenvalue weighted by Crippen LogP contribution is -2.35. The molecule has 0 aromatic heterocycles. The summed E-state index contributed by atoms with van der Waals surface area (Å²) in [6.45, 7) is 3.71. The van der Waals surface area contributed by atoms with E-state index in [0.29, 0.717) is 0 Å². The van der Waals surface area contributed by atoms with Crippen molar-refractivity contribution in [1.82, 2.24) is 0 Å². The number of halogens is 1. The molecular weight excluding hydrogens is 264 g/mol. The molecule has 0 unspecified atom stereocenters. The Morgan fingerprint density at radius 1 is 1.33 bits per heavy atom. The second kappa shape index (κ2) is 4.04. The number of hydrogen-bond acceptors (Lipinski definition) is 4. The first kappa shape index (κ1) is 11.4. The average Bonchev–Trinajstić information content (AvgIpc) is 2.56. The standard InChI is InChI=1S/C10H13BrO4/c1-10(2)14-8-7(12-3)6(4-5-11)13-9(8)15-10/h6-9H,1-3H3/t6-,7+,8-,9-/m1/s1. The van der Waals surface area contributed by atoms with Crippen LogP contribution in [-0.2, 0) is 18.9 Å². The van der Waals surface area contributed by atoms with Crippen LogP contribution in [0.3, 0.4) is 0 Å². The van der Waals surface area contributed by atoms with Gasteiger partial charge in [0.1, 0.15) is 12.2 Å². The zero-order valence-electron chi connectivity index (χ0n) is 8.82. The molecule has 2 fully saturated rings. The first-order valence-electron chi connectivity index (χ1n) is 4.72. The maximum atomic E-state index is 5.70. The van der Waals surface area contributed by atoms with Crippen LogP contribution in [0, 0.1) is 10.8 Å². The van der Waals surface area contributed by atoms with Gasteiger partial charge in [-0.15, -0.1) is 0 Å². The van der Waals surface area contributed by atoms with E-state index in [1.165, 1.54) is 0 Å². The Labute approximate surface area is 97.3 Å². The molecule has 0 aromatic rings. The van der Waals surface area contributed by atoms with Crippen molar-refractivity contribution in [2.75, 3.05) is 7.11 Å². The van der Waals surface area contributed by atoms with E-state index in [1.54, 1.807) is 7.11 Å². The van der Waals surface area contributed by atoms with Gasteiger partial charge in [-0.05, 0) is 18.7 Å². The molecule has 0 aliphatic carbocycles. The SMILES string of the molecule is CO[C@@H]1[C@H]2OC(C)(C)O[C@H]2O[C@@H]1C#CBr. The van der Waals surface area contributed by atoms with Crippen LogP contribution in [0.2, 0.25) is 0 Å². The van der Waals surface area contributed by atoms with Gasteiger partial charge in [0, 0.05) is 23.0 Å². The van der Waals surface area contributed by atoms with Crippen LogP contribution in [0.15, 0.2) is 0 Å². The number of rotatable bonds is 1. The molecule has 2 aliphatic rings. The van der Waals surface area contributed by atoms with Gasteiger partial charge in [0.2, 0.25) is 0 Å². The Bertz CT molecular complexity index is 306. The third kappa shape index (κ3) is 2.05. The third-order valence-electron chi connectivity index (χ3n) is 2.46. The highest BCUT2D eigenvalue weighted by Crippen LogP contribution is 2.38. The van der Waals surface area contributed by atoms with Gasteiger partial charge in [-0.1, -0.05) is 5.92 Å². The minimum absolute atomic E-state index is 0.205. The number of fused-ring (bicyclic) bond motifs is 1. The highest BCUT2D eigenvalue weighted by Gasteiger charge is 2.54. The van der Waals surface area contributed by atoms with Crippen molar-refractivity contribution in [3.05, 3.63) is 0 Å². The van der Waals surface area contributed by atoms with Crippen molar-refractivity contribution in [2.45, 2.75) is 44.2 Å². The van der Waals surface area contributed by atoms with Crippen LogP contribution in [0.1, 0.15) is 13.8 Å². The summed E-state index contributed by atoms with van der Waals surface area (Å²) in [7, 11) is 1.62. The van der Waals surface area contributed by atoms with E-state index >= 15 is 0 Å². The summed E-state index contributed by atoms with van der Waals surface area (Å²) in [4.78, 5) is 2.63. The Morgan fingerprint density at radius 2 is 2.07 bits per heavy atom. The van der Waals surface area contributed by atoms with Crippen LogP contribution in [0.4, 0.5) is 0 Å². The summed E-state index contributed by atoms with van der Waals surface area (Å²) in [5.74, 6) is 2.25. The normalized spacial score (nSPS) is 42.1. The zero-order valence-corrected chi connectivity index (χ0v) is 10.4. The van der Waals surface area contributed by atoms with E-state index in [-0.39, 0.29) is 24.6 Å². The fourth-order valence-corrected chi connectivity index (χ4v) is 2.13. The van der Waals surface area contributed by atoms with E-state index < -0.39 is 5.79 Å². The summed E-state index contributed by atoms with van der Waals surface area (Å²) < 4.78 is 22.2. The summed E-state index contributed by atoms with van der Waals surface area (Å²) in [5.41, 5.74) is 0. The fraction of sp³-hybridized carbons (Fsp3) is 0.800. The molecule has 0 amide bonds. The molecule has 2 heterocycles. The molecule has 2 aliphatic heterocycles. The smallest absolute Gasteiger partial charge is 0.191 e. The highest BCUT2D eigenvalue weighted by molar-refractivity contribution is 9.12. The quantitative estimate of drug-likeness (QED) is 0.676. The summed E-state index contributed by atoms with van der Waals surface area (Å²) in [6.07, 6.45) is -1.10. The van der Waals surface area contributed by atoms with Crippen LogP contribution in [0.5, 0.6) is 0 Å². The highest BCUT2D eigenvalue weighted by atomic mass is 79.9. The second-order valence-electron chi connectivity index (χ2n) is 3.96. The van der Waals surface area contributed by atoms with E-state index in [2.05, 4.69) is 26.7 Å². The Hall–Kier alpha value is -0.120. The summed E-state index contributed by atoms with van der Waals surface area (Å²) in [5, 5.41) is 0. The van der Waals surface area contributed by atoms with Gasteiger partial charge >= 0.3 is 0 Å². The van der Waals surface area contributed by atoms with Crippen molar-refractivity contribution in [1.29, 1.82) is 0 Å². The van der Waals surface area contributed by atoms with Gasteiger partial charge in [-0.25, -0.2) is 0 Å². The maximum Gasteiger partial charge on any atom is 0.191 e. The molecule has 4 nitrogen and oxygen atoms in total. The third-order valence-corrected chi connectivity index (χ3v) is 2.69. The molecule has 0 saturated carbocycles. The van der Waals surface area contributed by atoms with Gasteiger partial charge in [-0.2, -0.15) is 0 Å². The number of methoxy groups -OCH3 is 1. The van der Waals surface area contributed by atoms with Crippen LogP contribution < -0.4 is 0 Å². The molecule has 0 aromatic carbocycles. The molecule has 2 rings (SSSR count). The van der Waals surface area contributed by atoms with Gasteiger partial charge in [0.15, 0.2) is 18.2 Å². The van der Waals surface area contributed by atoms with Crippen LogP contribution >= 0.6 is 15.9 Å². The molecule has 0 N–H and O–H groups in total. The second-order valence-corrected chi connectivity index (χ2v) is 4.36.